The summed E-state index contributed by atoms with van der Waals surface area (Å²) in [5, 5.41) is 7.60. The molecule has 2 aliphatic rings. The standard InChI is InChI=1S/C17H34N2/c1-14(13-17-11-7-4-8-12-18-17)19-15(2)16-9-5-3-6-10-16/h14-19H,3-13H2,1-2H3/t14?,15-,17?/m1/s1. The summed E-state index contributed by atoms with van der Waals surface area (Å²) in [6.07, 6.45) is 14.2. The van der Waals surface area contributed by atoms with E-state index < -0.39 is 0 Å². The van der Waals surface area contributed by atoms with Gasteiger partial charge in [0.05, 0.1) is 0 Å². The van der Waals surface area contributed by atoms with E-state index in [4.69, 9.17) is 0 Å². The van der Waals surface area contributed by atoms with Crippen molar-refractivity contribution in [3.8, 4) is 0 Å². The Bertz CT molecular complexity index is 227. The lowest BCUT2D eigenvalue weighted by Gasteiger charge is -2.32. The fourth-order valence-corrected chi connectivity index (χ4v) is 4.02. The minimum atomic E-state index is 0.660. The van der Waals surface area contributed by atoms with Crippen molar-refractivity contribution in [3.63, 3.8) is 0 Å². The second kappa shape index (κ2) is 8.26. The van der Waals surface area contributed by atoms with Crippen LogP contribution in [0.5, 0.6) is 0 Å². The molecule has 0 radical (unpaired) electrons. The van der Waals surface area contributed by atoms with Crippen LogP contribution in [0.2, 0.25) is 0 Å². The molecule has 1 saturated heterocycles. The van der Waals surface area contributed by atoms with Gasteiger partial charge >= 0.3 is 0 Å². The van der Waals surface area contributed by atoms with Crippen LogP contribution >= 0.6 is 0 Å². The predicted molar refractivity (Wildman–Crippen MR) is 83.5 cm³/mol. The molecule has 2 rings (SSSR count). The molecule has 0 aromatic carbocycles. The highest BCUT2D eigenvalue weighted by Crippen LogP contribution is 2.26. The van der Waals surface area contributed by atoms with Gasteiger partial charge in [-0.15, -0.1) is 0 Å². The van der Waals surface area contributed by atoms with Crippen LogP contribution in [0.3, 0.4) is 0 Å². The molecule has 2 fully saturated rings. The van der Waals surface area contributed by atoms with Gasteiger partial charge in [-0.1, -0.05) is 32.1 Å². The lowest BCUT2D eigenvalue weighted by molar-refractivity contribution is 0.257. The first-order valence-electron chi connectivity index (χ1n) is 8.75. The highest BCUT2D eigenvalue weighted by molar-refractivity contribution is 4.81. The smallest absolute Gasteiger partial charge is 0.00817 e. The van der Waals surface area contributed by atoms with E-state index in [0.29, 0.717) is 12.1 Å². The van der Waals surface area contributed by atoms with Crippen LogP contribution in [0.4, 0.5) is 0 Å². The van der Waals surface area contributed by atoms with Gasteiger partial charge in [-0.3, -0.25) is 0 Å². The summed E-state index contributed by atoms with van der Waals surface area (Å²) in [4.78, 5) is 0. The summed E-state index contributed by atoms with van der Waals surface area (Å²) in [6.45, 7) is 6.02. The average Bonchev–Trinajstić information content (AvgIpc) is 2.68. The van der Waals surface area contributed by atoms with Crippen molar-refractivity contribution < 1.29 is 0 Å². The van der Waals surface area contributed by atoms with E-state index in [1.165, 1.54) is 70.8 Å². The third-order valence-corrected chi connectivity index (χ3v) is 5.20. The largest absolute Gasteiger partial charge is 0.314 e. The molecule has 2 heteroatoms. The first-order chi connectivity index (χ1) is 9.25. The quantitative estimate of drug-likeness (QED) is 0.789. The van der Waals surface area contributed by atoms with Crippen molar-refractivity contribution in [2.24, 2.45) is 5.92 Å². The van der Waals surface area contributed by atoms with Crippen molar-refractivity contribution in [2.45, 2.75) is 96.2 Å². The minimum Gasteiger partial charge on any atom is -0.314 e. The second-order valence-electron chi connectivity index (χ2n) is 6.99. The molecule has 3 atom stereocenters. The summed E-state index contributed by atoms with van der Waals surface area (Å²) >= 11 is 0. The molecule has 0 aromatic rings. The summed E-state index contributed by atoms with van der Waals surface area (Å²) < 4.78 is 0. The molecule has 0 bridgehead atoms. The van der Waals surface area contributed by atoms with Gasteiger partial charge in [0, 0.05) is 18.1 Å². The van der Waals surface area contributed by atoms with Gasteiger partial charge in [0.25, 0.3) is 0 Å². The maximum Gasteiger partial charge on any atom is 0.00817 e. The van der Waals surface area contributed by atoms with Gasteiger partial charge in [-0.2, -0.15) is 0 Å². The van der Waals surface area contributed by atoms with E-state index >= 15 is 0 Å². The third-order valence-electron chi connectivity index (χ3n) is 5.20. The zero-order chi connectivity index (χ0) is 13.5. The first-order valence-corrected chi connectivity index (χ1v) is 8.75. The van der Waals surface area contributed by atoms with E-state index in [9.17, 15) is 0 Å². The molecule has 0 spiro atoms. The highest BCUT2D eigenvalue weighted by Gasteiger charge is 2.22. The first kappa shape index (κ1) is 15.3. The van der Waals surface area contributed by atoms with Gasteiger partial charge in [-0.25, -0.2) is 0 Å². The zero-order valence-corrected chi connectivity index (χ0v) is 13.1. The van der Waals surface area contributed by atoms with Crippen LogP contribution in [0.1, 0.15) is 78.1 Å². The van der Waals surface area contributed by atoms with Crippen molar-refractivity contribution in [3.05, 3.63) is 0 Å². The summed E-state index contributed by atoms with van der Waals surface area (Å²) in [5.41, 5.74) is 0. The Morgan fingerprint density at radius 2 is 1.63 bits per heavy atom. The second-order valence-corrected chi connectivity index (χ2v) is 6.99. The summed E-state index contributed by atoms with van der Waals surface area (Å²) in [5.74, 6) is 0.929. The Balaban J connectivity index is 1.68. The molecule has 19 heavy (non-hydrogen) atoms. The van der Waals surface area contributed by atoms with Crippen LogP contribution in [0, 0.1) is 5.92 Å². The maximum atomic E-state index is 3.88. The van der Waals surface area contributed by atoms with Crippen molar-refractivity contribution in [1.82, 2.24) is 10.6 Å². The molecule has 112 valence electrons. The zero-order valence-electron chi connectivity index (χ0n) is 13.1. The van der Waals surface area contributed by atoms with E-state index in [2.05, 4.69) is 24.5 Å². The molecule has 0 aromatic heterocycles. The Hall–Kier alpha value is -0.0800. The van der Waals surface area contributed by atoms with Gasteiger partial charge in [-0.05, 0) is 58.4 Å². The molecule has 1 saturated carbocycles. The van der Waals surface area contributed by atoms with Crippen LogP contribution in [-0.2, 0) is 0 Å². The number of hydrogen-bond acceptors (Lipinski definition) is 2. The molecule has 0 amide bonds. The van der Waals surface area contributed by atoms with Crippen molar-refractivity contribution >= 4 is 0 Å². The maximum absolute atomic E-state index is 3.88. The predicted octanol–water partition coefficient (Wildman–Crippen LogP) is 3.86. The Kier molecular flexibility index (Phi) is 6.66. The molecule has 1 heterocycles. The fourth-order valence-electron chi connectivity index (χ4n) is 4.02. The SMILES string of the molecule is CC(CC1CCCCCN1)N[C@H](C)C1CCCCC1. The summed E-state index contributed by atoms with van der Waals surface area (Å²) in [6, 6.07) is 2.12. The summed E-state index contributed by atoms with van der Waals surface area (Å²) in [7, 11) is 0. The molecular weight excluding hydrogens is 232 g/mol. The molecule has 1 aliphatic heterocycles. The van der Waals surface area contributed by atoms with Gasteiger partial charge in [0.15, 0.2) is 0 Å². The molecule has 2 nitrogen and oxygen atoms in total. The molecule has 1 aliphatic carbocycles. The van der Waals surface area contributed by atoms with Crippen LogP contribution in [0.15, 0.2) is 0 Å². The normalized spacial score (nSPS) is 29.7. The van der Waals surface area contributed by atoms with Crippen LogP contribution < -0.4 is 10.6 Å². The number of hydrogen-bond donors (Lipinski definition) is 2. The van der Waals surface area contributed by atoms with Gasteiger partial charge < -0.3 is 10.6 Å². The topological polar surface area (TPSA) is 24.1 Å². The number of nitrogens with one attached hydrogen (secondary N) is 2. The van der Waals surface area contributed by atoms with Crippen molar-refractivity contribution in [1.29, 1.82) is 0 Å². The Morgan fingerprint density at radius 1 is 0.947 bits per heavy atom. The highest BCUT2D eigenvalue weighted by atomic mass is 15.0. The fraction of sp³-hybridized carbons (Fsp3) is 1.00. The Morgan fingerprint density at radius 3 is 2.42 bits per heavy atom. The molecular formula is C17H34N2. The van der Waals surface area contributed by atoms with E-state index in [1.807, 2.05) is 0 Å². The number of rotatable bonds is 5. The lowest BCUT2D eigenvalue weighted by Crippen LogP contribution is -2.43. The van der Waals surface area contributed by atoms with E-state index in [-0.39, 0.29) is 0 Å². The van der Waals surface area contributed by atoms with Crippen LogP contribution in [0.25, 0.3) is 0 Å². The van der Waals surface area contributed by atoms with E-state index in [0.717, 1.165) is 12.0 Å². The van der Waals surface area contributed by atoms with Crippen molar-refractivity contribution in [2.75, 3.05) is 6.54 Å². The molecule has 2 unspecified atom stereocenters. The lowest BCUT2D eigenvalue weighted by atomic mass is 9.84. The van der Waals surface area contributed by atoms with Gasteiger partial charge in [0.2, 0.25) is 0 Å². The van der Waals surface area contributed by atoms with Gasteiger partial charge in [0.1, 0.15) is 0 Å². The minimum absolute atomic E-state index is 0.660. The Labute approximate surface area is 120 Å². The molecule has 2 N–H and O–H groups in total. The average molecular weight is 266 g/mol. The van der Waals surface area contributed by atoms with Crippen LogP contribution in [-0.4, -0.2) is 24.7 Å². The third kappa shape index (κ3) is 5.43. The van der Waals surface area contributed by atoms with E-state index in [1.54, 1.807) is 0 Å². The monoisotopic (exact) mass is 266 g/mol.